The van der Waals surface area contributed by atoms with Crippen LogP contribution >= 0.6 is 0 Å². The largest absolute Gasteiger partial charge is 0.396 e. The predicted molar refractivity (Wildman–Crippen MR) is 48.2 cm³/mol. The van der Waals surface area contributed by atoms with E-state index in [1.165, 1.54) is 0 Å². The van der Waals surface area contributed by atoms with Crippen LogP contribution < -0.4 is 0 Å². The molecular weight excluding hydrogens is 168 g/mol. The van der Waals surface area contributed by atoms with Crippen LogP contribution in [-0.4, -0.2) is 30.7 Å². The third-order valence-corrected chi connectivity index (χ3v) is 3.80. The molecule has 1 unspecified atom stereocenters. The van der Waals surface area contributed by atoms with E-state index in [1.807, 2.05) is 0 Å². The molecule has 0 amide bonds. The summed E-state index contributed by atoms with van der Waals surface area (Å²) in [6.45, 7) is 5.89. The molecule has 0 aromatic heterocycles. The molecular formula is C10H18O3. The van der Waals surface area contributed by atoms with Crippen LogP contribution in [0.5, 0.6) is 0 Å². The van der Waals surface area contributed by atoms with Crippen molar-refractivity contribution in [3.8, 4) is 0 Å². The third-order valence-electron chi connectivity index (χ3n) is 3.80. The van der Waals surface area contributed by atoms with E-state index in [-0.39, 0.29) is 12.0 Å². The normalized spacial score (nSPS) is 35.8. The van der Waals surface area contributed by atoms with Gasteiger partial charge in [0, 0.05) is 18.4 Å². The zero-order chi connectivity index (χ0) is 9.53. The van der Waals surface area contributed by atoms with Crippen molar-refractivity contribution in [3.05, 3.63) is 0 Å². The van der Waals surface area contributed by atoms with E-state index in [0.29, 0.717) is 19.1 Å². The van der Waals surface area contributed by atoms with Gasteiger partial charge in [-0.3, -0.25) is 0 Å². The lowest BCUT2D eigenvalue weighted by Crippen LogP contribution is -2.44. The zero-order valence-electron chi connectivity index (χ0n) is 8.38. The summed E-state index contributed by atoms with van der Waals surface area (Å²) < 4.78 is 11.4. The summed E-state index contributed by atoms with van der Waals surface area (Å²) in [5, 5.41) is 9.23. The van der Waals surface area contributed by atoms with Crippen molar-refractivity contribution >= 4 is 0 Å². The van der Waals surface area contributed by atoms with Gasteiger partial charge in [-0.15, -0.1) is 0 Å². The summed E-state index contributed by atoms with van der Waals surface area (Å²) in [7, 11) is 0. The first-order valence-corrected chi connectivity index (χ1v) is 5.01. The van der Waals surface area contributed by atoms with Crippen molar-refractivity contribution in [2.24, 2.45) is 11.3 Å². The molecule has 2 aliphatic rings. The predicted octanol–water partition coefficient (Wildman–Crippen LogP) is 1.16. The molecule has 1 aliphatic heterocycles. The van der Waals surface area contributed by atoms with Gasteiger partial charge in [0.05, 0.1) is 13.2 Å². The van der Waals surface area contributed by atoms with E-state index in [4.69, 9.17) is 9.47 Å². The van der Waals surface area contributed by atoms with Crippen molar-refractivity contribution in [2.45, 2.75) is 32.5 Å². The summed E-state index contributed by atoms with van der Waals surface area (Å²) in [6.07, 6.45) is 1.93. The van der Waals surface area contributed by atoms with Crippen molar-refractivity contribution in [2.75, 3.05) is 19.8 Å². The van der Waals surface area contributed by atoms with E-state index < -0.39 is 5.79 Å². The van der Waals surface area contributed by atoms with Crippen LogP contribution in [0.3, 0.4) is 0 Å². The molecule has 3 heteroatoms. The highest BCUT2D eigenvalue weighted by Crippen LogP contribution is 2.54. The number of ether oxygens (including phenoxy) is 2. The molecule has 0 bridgehead atoms. The maximum atomic E-state index is 9.23. The van der Waals surface area contributed by atoms with Crippen LogP contribution in [0.25, 0.3) is 0 Å². The highest BCUT2D eigenvalue weighted by atomic mass is 16.7. The van der Waals surface area contributed by atoms with Crippen molar-refractivity contribution in [3.63, 3.8) is 0 Å². The Morgan fingerprint density at radius 3 is 2.38 bits per heavy atom. The Balaban J connectivity index is 2.22. The van der Waals surface area contributed by atoms with E-state index in [9.17, 15) is 5.11 Å². The molecule has 13 heavy (non-hydrogen) atoms. The lowest BCUT2D eigenvalue weighted by molar-refractivity contribution is -0.220. The molecule has 0 aromatic rings. The Hall–Kier alpha value is -0.120. The minimum absolute atomic E-state index is 0.0573. The van der Waals surface area contributed by atoms with E-state index >= 15 is 0 Å². The van der Waals surface area contributed by atoms with Crippen LogP contribution in [0.2, 0.25) is 0 Å². The molecule has 1 spiro atoms. The van der Waals surface area contributed by atoms with Gasteiger partial charge in [-0.2, -0.15) is 0 Å². The highest BCUT2D eigenvalue weighted by molar-refractivity contribution is 5.00. The fourth-order valence-corrected chi connectivity index (χ4v) is 2.65. The highest BCUT2D eigenvalue weighted by Gasteiger charge is 2.58. The van der Waals surface area contributed by atoms with Gasteiger partial charge >= 0.3 is 0 Å². The number of hydrogen-bond donors (Lipinski definition) is 1. The minimum Gasteiger partial charge on any atom is -0.396 e. The van der Waals surface area contributed by atoms with Gasteiger partial charge in [-0.25, -0.2) is 0 Å². The van der Waals surface area contributed by atoms with Gasteiger partial charge in [0.2, 0.25) is 0 Å². The smallest absolute Gasteiger partial charge is 0.173 e. The van der Waals surface area contributed by atoms with Crippen LogP contribution in [-0.2, 0) is 9.47 Å². The summed E-state index contributed by atoms with van der Waals surface area (Å²) in [4.78, 5) is 0. The first-order valence-electron chi connectivity index (χ1n) is 5.01. The fraction of sp³-hybridized carbons (Fsp3) is 1.00. The van der Waals surface area contributed by atoms with Gasteiger partial charge in [0.15, 0.2) is 5.79 Å². The quantitative estimate of drug-likeness (QED) is 0.668. The lowest BCUT2D eigenvalue weighted by atomic mass is 9.78. The molecule has 1 aliphatic carbocycles. The molecule has 1 saturated carbocycles. The molecule has 0 radical (unpaired) electrons. The van der Waals surface area contributed by atoms with Crippen LogP contribution in [0.4, 0.5) is 0 Å². The summed E-state index contributed by atoms with van der Waals surface area (Å²) in [5.41, 5.74) is -0.0573. The maximum Gasteiger partial charge on any atom is 0.173 e. The second-order valence-electron chi connectivity index (χ2n) is 4.59. The summed E-state index contributed by atoms with van der Waals surface area (Å²) in [6, 6.07) is 0. The van der Waals surface area contributed by atoms with Crippen molar-refractivity contribution in [1.29, 1.82) is 0 Å². The van der Waals surface area contributed by atoms with Crippen molar-refractivity contribution in [1.82, 2.24) is 0 Å². The average Bonchev–Trinajstić information content (AvgIpc) is 2.62. The Kier molecular flexibility index (Phi) is 2.13. The van der Waals surface area contributed by atoms with Crippen LogP contribution in [0, 0.1) is 11.3 Å². The summed E-state index contributed by atoms with van der Waals surface area (Å²) >= 11 is 0. The van der Waals surface area contributed by atoms with E-state index in [1.54, 1.807) is 0 Å². The first-order chi connectivity index (χ1) is 6.12. The molecule has 3 nitrogen and oxygen atoms in total. The number of aliphatic hydroxyl groups is 1. The first kappa shape index (κ1) is 9.44. The second-order valence-corrected chi connectivity index (χ2v) is 4.59. The molecule has 1 saturated heterocycles. The topological polar surface area (TPSA) is 38.7 Å². The lowest BCUT2D eigenvalue weighted by Gasteiger charge is -2.38. The standard InChI is InChI=1S/C10H18O3/c1-9(2)8(7-11)3-4-10(9)12-5-6-13-10/h8,11H,3-7H2,1-2H3. The number of hydrogen-bond acceptors (Lipinski definition) is 3. The average molecular weight is 186 g/mol. The Morgan fingerprint density at radius 1 is 1.31 bits per heavy atom. The Bertz CT molecular complexity index is 194. The third kappa shape index (κ3) is 1.14. The Morgan fingerprint density at radius 2 is 1.92 bits per heavy atom. The number of aliphatic hydroxyl groups excluding tert-OH is 1. The zero-order valence-corrected chi connectivity index (χ0v) is 8.38. The minimum atomic E-state index is -0.402. The molecule has 0 aromatic carbocycles. The maximum absolute atomic E-state index is 9.23. The second kappa shape index (κ2) is 2.94. The van der Waals surface area contributed by atoms with Gasteiger partial charge in [-0.1, -0.05) is 13.8 Å². The molecule has 1 atom stereocenters. The Labute approximate surface area is 79.0 Å². The van der Waals surface area contributed by atoms with Crippen molar-refractivity contribution < 1.29 is 14.6 Å². The van der Waals surface area contributed by atoms with Gasteiger partial charge in [0.1, 0.15) is 0 Å². The van der Waals surface area contributed by atoms with Gasteiger partial charge < -0.3 is 14.6 Å². The number of rotatable bonds is 1. The van der Waals surface area contributed by atoms with Crippen LogP contribution in [0.15, 0.2) is 0 Å². The molecule has 76 valence electrons. The van der Waals surface area contributed by atoms with Gasteiger partial charge in [0.25, 0.3) is 0 Å². The molecule has 2 rings (SSSR count). The van der Waals surface area contributed by atoms with E-state index in [0.717, 1.165) is 12.8 Å². The fourth-order valence-electron chi connectivity index (χ4n) is 2.65. The molecule has 2 fully saturated rings. The van der Waals surface area contributed by atoms with E-state index in [2.05, 4.69) is 13.8 Å². The molecule has 1 N–H and O–H groups in total. The molecule has 1 heterocycles. The SMILES string of the molecule is CC1(C)C(CO)CCC12OCCO2. The monoisotopic (exact) mass is 186 g/mol. The van der Waals surface area contributed by atoms with Crippen LogP contribution in [0.1, 0.15) is 26.7 Å². The van der Waals surface area contributed by atoms with Gasteiger partial charge in [-0.05, 0) is 12.3 Å². The summed E-state index contributed by atoms with van der Waals surface area (Å²) in [5.74, 6) is -0.0916.